The van der Waals surface area contributed by atoms with E-state index in [-0.39, 0.29) is 11.9 Å². The minimum absolute atomic E-state index is 0.0168. The number of ether oxygens (including phenoxy) is 1. The van der Waals surface area contributed by atoms with Crippen molar-refractivity contribution in [1.29, 1.82) is 0 Å². The number of benzene rings is 2. The van der Waals surface area contributed by atoms with Crippen molar-refractivity contribution in [3.05, 3.63) is 64.7 Å². The maximum Gasteiger partial charge on any atom is 0.257 e. The second kappa shape index (κ2) is 7.69. The van der Waals surface area contributed by atoms with Crippen molar-refractivity contribution in [1.82, 2.24) is 4.90 Å². The number of carbonyl (C=O) groups is 1. The van der Waals surface area contributed by atoms with Crippen LogP contribution in [-0.2, 0) is 6.61 Å². The lowest BCUT2D eigenvalue weighted by Gasteiger charge is -2.31. The Morgan fingerprint density at radius 1 is 1.21 bits per heavy atom. The molecule has 1 atom stereocenters. The number of para-hydroxylation sites is 1. The molecule has 2 aromatic rings. The van der Waals surface area contributed by atoms with Gasteiger partial charge in [0.05, 0.1) is 5.56 Å². The number of nitrogens with zero attached hydrogens (tertiary/aromatic N) is 1. The van der Waals surface area contributed by atoms with E-state index >= 15 is 0 Å². The van der Waals surface area contributed by atoms with E-state index in [2.05, 4.69) is 0 Å². The summed E-state index contributed by atoms with van der Waals surface area (Å²) in [6.45, 7) is 1.74. The lowest BCUT2D eigenvalue weighted by atomic mass is 10.0. The number of hydrogen-bond acceptors (Lipinski definition) is 3. The smallest absolute Gasteiger partial charge is 0.257 e. The fourth-order valence-electron chi connectivity index (χ4n) is 2.88. The van der Waals surface area contributed by atoms with E-state index in [0.717, 1.165) is 24.9 Å². The third-order valence-corrected chi connectivity index (χ3v) is 4.42. The average molecular weight is 345 g/mol. The third kappa shape index (κ3) is 4.08. The van der Waals surface area contributed by atoms with Crippen LogP contribution < -0.4 is 10.5 Å². The second-order valence-corrected chi connectivity index (χ2v) is 6.50. The average Bonchev–Trinajstić information content (AvgIpc) is 2.61. The number of rotatable bonds is 4. The Morgan fingerprint density at radius 3 is 2.71 bits per heavy atom. The fourth-order valence-corrected chi connectivity index (χ4v) is 3.00. The van der Waals surface area contributed by atoms with Gasteiger partial charge in [0.1, 0.15) is 12.4 Å². The summed E-state index contributed by atoms with van der Waals surface area (Å²) in [7, 11) is 0. The molecule has 1 aliphatic rings. The van der Waals surface area contributed by atoms with Gasteiger partial charge >= 0.3 is 0 Å². The molecule has 1 amide bonds. The molecule has 0 saturated carbocycles. The molecule has 1 aliphatic heterocycles. The molecular weight excluding hydrogens is 324 g/mol. The Hall–Kier alpha value is -2.04. The maximum absolute atomic E-state index is 12.8. The van der Waals surface area contributed by atoms with Crippen LogP contribution >= 0.6 is 11.6 Å². The van der Waals surface area contributed by atoms with E-state index in [4.69, 9.17) is 22.1 Å². The van der Waals surface area contributed by atoms with Crippen LogP contribution in [0.1, 0.15) is 28.8 Å². The summed E-state index contributed by atoms with van der Waals surface area (Å²) in [6.07, 6.45) is 1.92. The summed E-state index contributed by atoms with van der Waals surface area (Å²) in [5.41, 5.74) is 7.58. The number of hydrogen-bond donors (Lipinski definition) is 1. The zero-order valence-corrected chi connectivity index (χ0v) is 14.2. The van der Waals surface area contributed by atoms with Crippen LogP contribution in [0.2, 0.25) is 5.02 Å². The number of carbonyl (C=O) groups excluding carboxylic acids is 1. The van der Waals surface area contributed by atoms with Crippen LogP contribution in [0.15, 0.2) is 48.5 Å². The molecule has 126 valence electrons. The van der Waals surface area contributed by atoms with Gasteiger partial charge in [0.25, 0.3) is 5.91 Å². The van der Waals surface area contributed by atoms with Gasteiger partial charge in [-0.15, -0.1) is 0 Å². The molecule has 1 saturated heterocycles. The van der Waals surface area contributed by atoms with E-state index in [1.807, 2.05) is 47.4 Å². The number of amides is 1. The molecule has 1 fully saturated rings. The highest BCUT2D eigenvalue weighted by Gasteiger charge is 2.24. The first-order valence-corrected chi connectivity index (χ1v) is 8.52. The fraction of sp³-hybridized carbons (Fsp3) is 0.316. The summed E-state index contributed by atoms with van der Waals surface area (Å²) in [6, 6.07) is 14.9. The molecule has 1 heterocycles. The van der Waals surface area contributed by atoms with Gasteiger partial charge < -0.3 is 15.4 Å². The highest BCUT2D eigenvalue weighted by molar-refractivity contribution is 6.30. The molecular formula is C19H21ClN2O2. The van der Waals surface area contributed by atoms with Crippen LogP contribution in [0.5, 0.6) is 5.75 Å². The maximum atomic E-state index is 12.8. The largest absolute Gasteiger partial charge is 0.488 e. The third-order valence-electron chi connectivity index (χ3n) is 4.17. The Bertz CT molecular complexity index is 703. The highest BCUT2D eigenvalue weighted by Crippen LogP contribution is 2.23. The molecule has 2 aromatic carbocycles. The zero-order chi connectivity index (χ0) is 16.9. The Morgan fingerprint density at radius 2 is 1.96 bits per heavy atom. The van der Waals surface area contributed by atoms with Gasteiger partial charge in [-0.05, 0) is 42.7 Å². The van der Waals surface area contributed by atoms with Crippen molar-refractivity contribution in [2.45, 2.75) is 25.5 Å². The van der Waals surface area contributed by atoms with Crippen molar-refractivity contribution in [2.24, 2.45) is 5.73 Å². The Balaban J connectivity index is 1.72. The van der Waals surface area contributed by atoms with Gasteiger partial charge in [-0.1, -0.05) is 35.9 Å². The summed E-state index contributed by atoms with van der Waals surface area (Å²) < 4.78 is 5.88. The van der Waals surface area contributed by atoms with E-state index < -0.39 is 0 Å². The van der Waals surface area contributed by atoms with Gasteiger partial charge in [-0.3, -0.25) is 4.79 Å². The van der Waals surface area contributed by atoms with Gasteiger partial charge in [-0.25, -0.2) is 0 Å². The van der Waals surface area contributed by atoms with Gasteiger partial charge in [0, 0.05) is 24.2 Å². The van der Waals surface area contributed by atoms with Crippen molar-refractivity contribution >= 4 is 17.5 Å². The van der Waals surface area contributed by atoms with Crippen LogP contribution in [0, 0.1) is 0 Å². The Labute approximate surface area is 147 Å². The molecule has 24 heavy (non-hydrogen) atoms. The second-order valence-electron chi connectivity index (χ2n) is 6.06. The first-order valence-electron chi connectivity index (χ1n) is 8.14. The lowest BCUT2D eigenvalue weighted by molar-refractivity contribution is 0.0704. The minimum atomic E-state index is -0.0168. The topological polar surface area (TPSA) is 55.6 Å². The number of halogens is 1. The summed E-state index contributed by atoms with van der Waals surface area (Å²) in [4.78, 5) is 14.6. The number of piperidine rings is 1. The van der Waals surface area contributed by atoms with Crippen molar-refractivity contribution in [2.75, 3.05) is 13.1 Å². The zero-order valence-electron chi connectivity index (χ0n) is 13.5. The molecule has 5 heteroatoms. The van der Waals surface area contributed by atoms with Crippen molar-refractivity contribution < 1.29 is 9.53 Å². The predicted octanol–water partition coefficient (Wildman–Crippen LogP) is 3.48. The predicted molar refractivity (Wildman–Crippen MR) is 95.3 cm³/mol. The minimum Gasteiger partial charge on any atom is -0.488 e. The molecule has 2 N–H and O–H groups in total. The molecule has 3 rings (SSSR count). The first kappa shape index (κ1) is 16.8. The molecule has 0 spiro atoms. The van der Waals surface area contributed by atoms with E-state index in [0.29, 0.717) is 29.5 Å². The standard InChI is InChI=1S/C19H21ClN2O2/c20-15-9-7-14(8-10-15)13-24-18-6-2-1-5-17(18)19(23)22-11-3-4-16(21)12-22/h1-2,5-10,16H,3-4,11-13,21H2. The SMILES string of the molecule is NC1CCCN(C(=O)c2ccccc2OCc2ccc(Cl)cc2)C1. The van der Waals surface area contributed by atoms with E-state index in [1.54, 1.807) is 6.07 Å². The number of likely N-dealkylation sites (tertiary alicyclic amines) is 1. The van der Waals surface area contributed by atoms with E-state index in [1.165, 1.54) is 0 Å². The van der Waals surface area contributed by atoms with Crippen LogP contribution in [-0.4, -0.2) is 29.9 Å². The van der Waals surface area contributed by atoms with Crippen molar-refractivity contribution in [3.63, 3.8) is 0 Å². The van der Waals surface area contributed by atoms with Gasteiger partial charge in [0.2, 0.25) is 0 Å². The molecule has 0 radical (unpaired) electrons. The molecule has 4 nitrogen and oxygen atoms in total. The number of nitrogens with two attached hydrogens (primary N) is 1. The molecule has 0 aromatic heterocycles. The van der Waals surface area contributed by atoms with Crippen LogP contribution in [0.25, 0.3) is 0 Å². The highest BCUT2D eigenvalue weighted by atomic mass is 35.5. The van der Waals surface area contributed by atoms with Gasteiger partial charge in [-0.2, -0.15) is 0 Å². The summed E-state index contributed by atoms with van der Waals surface area (Å²) >= 11 is 5.89. The quantitative estimate of drug-likeness (QED) is 0.923. The van der Waals surface area contributed by atoms with E-state index in [9.17, 15) is 4.79 Å². The lowest BCUT2D eigenvalue weighted by Crippen LogP contribution is -2.45. The normalized spacial score (nSPS) is 17.6. The van der Waals surface area contributed by atoms with Crippen LogP contribution in [0.4, 0.5) is 0 Å². The molecule has 1 unspecified atom stereocenters. The monoisotopic (exact) mass is 344 g/mol. The molecule has 0 aliphatic carbocycles. The molecule has 0 bridgehead atoms. The Kier molecular flexibility index (Phi) is 5.38. The first-order chi connectivity index (χ1) is 11.6. The summed E-state index contributed by atoms with van der Waals surface area (Å²) in [5.74, 6) is 0.577. The van der Waals surface area contributed by atoms with Crippen LogP contribution in [0.3, 0.4) is 0 Å². The van der Waals surface area contributed by atoms with Crippen molar-refractivity contribution in [3.8, 4) is 5.75 Å². The summed E-state index contributed by atoms with van der Waals surface area (Å²) in [5, 5.41) is 0.691. The van der Waals surface area contributed by atoms with Gasteiger partial charge in [0.15, 0.2) is 0 Å².